The molecule has 0 bridgehead atoms. The van der Waals surface area contributed by atoms with Crippen LogP contribution in [-0.2, 0) is 14.3 Å². The predicted molar refractivity (Wildman–Crippen MR) is 155 cm³/mol. The lowest BCUT2D eigenvalue weighted by molar-refractivity contribution is -0.142. The number of unbranched alkanes of at least 4 members (excludes halogenated alkanes) is 1. The Kier molecular flexibility index (Phi) is 11.7. The summed E-state index contributed by atoms with van der Waals surface area (Å²) in [6.07, 6.45) is 5.03. The first-order valence-electron chi connectivity index (χ1n) is 13.1. The van der Waals surface area contributed by atoms with Crippen LogP contribution in [0.2, 0.25) is 0 Å². The van der Waals surface area contributed by atoms with E-state index in [1.807, 2.05) is 43.0 Å². The number of allylic oxidation sites excluding steroid dienone is 1. The Morgan fingerprint density at radius 2 is 1.39 bits per heavy atom. The fraction of sp³-hybridized carbons (Fsp3) is 0.312. The molecule has 1 amide bonds. The highest BCUT2D eigenvalue weighted by molar-refractivity contribution is 8.00. The van der Waals surface area contributed by atoms with Gasteiger partial charge in [-0.3, -0.25) is 4.79 Å². The van der Waals surface area contributed by atoms with Gasteiger partial charge in [0.2, 0.25) is 5.91 Å². The second kappa shape index (κ2) is 15.2. The normalized spacial score (nSPS) is 13.2. The van der Waals surface area contributed by atoms with Crippen LogP contribution in [0.4, 0.5) is 0 Å². The Morgan fingerprint density at radius 1 is 0.895 bits per heavy atom. The van der Waals surface area contributed by atoms with Gasteiger partial charge in [0, 0.05) is 0 Å². The lowest BCUT2D eigenvalue weighted by atomic mass is 9.84. The van der Waals surface area contributed by atoms with Crippen molar-refractivity contribution in [2.24, 2.45) is 0 Å². The van der Waals surface area contributed by atoms with E-state index in [4.69, 9.17) is 0 Å². The molecule has 6 heteroatoms. The topological polar surface area (TPSA) is 86.6 Å². The zero-order chi connectivity index (χ0) is 27.2. The van der Waals surface area contributed by atoms with Gasteiger partial charge in [0.05, 0.1) is 17.3 Å². The van der Waals surface area contributed by atoms with E-state index in [0.29, 0.717) is 19.3 Å². The van der Waals surface area contributed by atoms with Crippen molar-refractivity contribution in [1.29, 1.82) is 0 Å². The van der Waals surface area contributed by atoms with Gasteiger partial charge in [-0.1, -0.05) is 123 Å². The summed E-state index contributed by atoms with van der Waals surface area (Å²) in [6, 6.07) is 30.5. The number of amides is 1. The summed E-state index contributed by atoms with van der Waals surface area (Å²) in [5.74, 6) is -0.726. The summed E-state index contributed by atoms with van der Waals surface area (Å²) in [6.45, 7) is 1.97. The van der Waals surface area contributed by atoms with E-state index in [9.17, 15) is 19.8 Å². The van der Waals surface area contributed by atoms with E-state index < -0.39 is 28.8 Å². The van der Waals surface area contributed by atoms with Crippen molar-refractivity contribution < 1.29 is 19.8 Å². The molecule has 0 fully saturated rings. The van der Waals surface area contributed by atoms with E-state index >= 15 is 0 Å². The molecule has 3 N–H and O–H groups in total. The van der Waals surface area contributed by atoms with Crippen LogP contribution in [0, 0.1) is 0 Å². The Bertz CT molecular complexity index is 1060. The molecule has 5 nitrogen and oxygen atoms in total. The zero-order valence-corrected chi connectivity index (χ0v) is 22.6. The van der Waals surface area contributed by atoms with Crippen LogP contribution < -0.4 is 5.32 Å². The molecule has 0 aromatic heterocycles. The zero-order valence-electron chi connectivity index (χ0n) is 21.8. The van der Waals surface area contributed by atoms with Crippen LogP contribution in [0.1, 0.15) is 55.7 Å². The highest BCUT2D eigenvalue weighted by atomic mass is 32.2. The molecule has 200 valence electrons. The minimum absolute atomic E-state index is 0.165. The standard InChI is InChI=1S/C32H37NO4S/c1-2-3-22-29(31(36)37)33-30(35)24-28(34)21-13-14-23-38-32(25-15-7-4-8-16-25,26-17-9-5-10-18-26)27-19-11-6-12-20-27/h4-13,15-21,28-29,34H,2-3,14,22-24H2,1H3,(H,33,35)(H,36,37)/t28?,29-/m1/s1. The number of rotatable bonds is 15. The van der Waals surface area contributed by atoms with Gasteiger partial charge < -0.3 is 15.5 Å². The van der Waals surface area contributed by atoms with Gasteiger partial charge in [-0.05, 0) is 35.3 Å². The van der Waals surface area contributed by atoms with Gasteiger partial charge in [-0.25, -0.2) is 4.79 Å². The number of hydrogen-bond acceptors (Lipinski definition) is 4. The van der Waals surface area contributed by atoms with E-state index in [2.05, 4.69) is 78.1 Å². The maximum absolute atomic E-state index is 12.3. The molecule has 3 aromatic carbocycles. The summed E-state index contributed by atoms with van der Waals surface area (Å²) in [5.41, 5.74) is 3.58. The molecule has 0 radical (unpaired) electrons. The Morgan fingerprint density at radius 3 is 1.84 bits per heavy atom. The van der Waals surface area contributed by atoms with E-state index in [-0.39, 0.29) is 6.42 Å². The molecule has 0 spiro atoms. The largest absolute Gasteiger partial charge is 0.480 e. The quantitative estimate of drug-likeness (QED) is 0.124. The number of thioether (sulfide) groups is 1. The maximum Gasteiger partial charge on any atom is 0.326 e. The van der Waals surface area contributed by atoms with Crippen molar-refractivity contribution in [1.82, 2.24) is 5.32 Å². The summed E-state index contributed by atoms with van der Waals surface area (Å²) in [7, 11) is 0. The van der Waals surface area contributed by atoms with Crippen LogP contribution in [0.15, 0.2) is 103 Å². The number of aliphatic hydroxyl groups excluding tert-OH is 1. The average molecular weight is 532 g/mol. The molecule has 0 saturated heterocycles. The van der Waals surface area contributed by atoms with Crippen molar-refractivity contribution in [3.05, 3.63) is 120 Å². The third-order valence-electron chi connectivity index (χ3n) is 6.38. The number of aliphatic hydroxyl groups is 1. The maximum atomic E-state index is 12.3. The second-order valence-electron chi connectivity index (χ2n) is 9.22. The van der Waals surface area contributed by atoms with Gasteiger partial charge in [-0.15, -0.1) is 11.8 Å². The number of benzene rings is 3. The Hall–Kier alpha value is -3.35. The highest BCUT2D eigenvalue weighted by Crippen LogP contribution is 2.48. The van der Waals surface area contributed by atoms with Crippen LogP contribution >= 0.6 is 11.8 Å². The molecule has 3 aromatic rings. The number of carbonyl (C=O) groups excluding carboxylic acids is 1. The number of hydrogen-bond donors (Lipinski definition) is 3. The van der Waals surface area contributed by atoms with Crippen molar-refractivity contribution in [2.75, 3.05) is 5.75 Å². The van der Waals surface area contributed by atoms with Gasteiger partial charge in [0.15, 0.2) is 0 Å². The molecule has 38 heavy (non-hydrogen) atoms. The minimum Gasteiger partial charge on any atom is -0.480 e. The number of carboxylic acids is 1. The summed E-state index contributed by atoms with van der Waals surface area (Å²) in [4.78, 5) is 23.6. The van der Waals surface area contributed by atoms with Crippen molar-refractivity contribution in [2.45, 2.75) is 55.9 Å². The minimum atomic E-state index is -1.05. The molecular weight excluding hydrogens is 494 g/mol. The first-order valence-corrected chi connectivity index (χ1v) is 14.1. The van der Waals surface area contributed by atoms with Crippen LogP contribution in [-0.4, -0.2) is 40.0 Å². The fourth-order valence-corrected chi connectivity index (χ4v) is 5.95. The highest BCUT2D eigenvalue weighted by Gasteiger charge is 2.36. The van der Waals surface area contributed by atoms with E-state index in [1.54, 1.807) is 6.08 Å². The summed E-state index contributed by atoms with van der Waals surface area (Å²) < 4.78 is -0.402. The molecule has 0 aliphatic rings. The van der Waals surface area contributed by atoms with Crippen LogP contribution in [0.5, 0.6) is 0 Å². The lowest BCUT2D eigenvalue weighted by Gasteiger charge is -2.35. The monoisotopic (exact) mass is 531 g/mol. The predicted octanol–water partition coefficient (Wildman–Crippen LogP) is 6.17. The summed E-state index contributed by atoms with van der Waals surface area (Å²) >= 11 is 1.84. The SMILES string of the molecule is CCCC[C@@H](NC(=O)CC(O)C=CCCSC(c1ccccc1)(c1ccccc1)c1ccccc1)C(=O)O. The molecule has 0 saturated carbocycles. The van der Waals surface area contributed by atoms with Crippen LogP contribution in [0.25, 0.3) is 0 Å². The molecule has 0 aliphatic heterocycles. The molecule has 2 atom stereocenters. The third kappa shape index (κ3) is 8.07. The number of aliphatic carboxylic acids is 1. The van der Waals surface area contributed by atoms with Crippen molar-refractivity contribution in [3.63, 3.8) is 0 Å². The van der Waals surface area contributed by atoms with Crippen molar-refractivity contribution in [3.8, 4) is 0 Å². The molecular formula is C32H37NO4S. The Labute approximate surface area is 230 Å². The summed E-state index contributed by atoms with van der Waals surface area (Å²) in [5, 5.41) is 22.2. The average Bonchev–Trinajstić information content (AvgIpc) is 2.94. The number of nitrogens with one attached hydrogen (secondary N) is 1. The van der Waals surface area contributed by atoms with Crippen LogP contribution in [0.3, 0.4) is 0 Å². The first-order chi connectivity index (χ1) is 18.5. The number of carboxylic acid groups (broad SMARTS) is 1. The molecule has 0 heterocycles. The van der Waals surface area contributed by atoms with Gasteiger partial charge in [0.25, 0.3) is 0 Å². The number of carbonyl (C=O) groups is 2. The smallest absolute Gasteiger partial charge is 0.326 e. The molecule has 0 aliphatic carbocycles. The van der Waals surface area contributed by atoms with Gasteiger partial charge in [-0.2, -0.15) is 0 Å². The van der Waals surface area contributed by atoms with E-state index in [1.165, 1.54) is 16.7 Å². The van der Waals surface area contributed by atoms with Gasteiger partial charge >= 0.3 is 5.97 Å². The second-order valence-corrected chi connectivity index (χ2v) is 10.5. The Balaban J connectivity index is 1.68. The lowest BCUT2D eigenvalue weighted by Crippen LogP contribution is -2.41. The fourth-order valence-electron chi connectivity index (χ4n) is 4.48. The van der Waals surface area contributed by atoms with Gasteiger partial charge in [0.1, 0.15) is 6.04 Å². The van der Waals surface area contributed by atoms with Crippen molar-refractivity contribution >= 4 is 23.6 Å². The molecule has 3 rings (SSSR count). The third-order valence-corrected chi connectivity index (χ3v) is 7.96. The first kappa shape index (κ1) is 29.2. The van der Waals surface area contributed by atoms with E-state index in [0.717, 1.165) is 12.2 Å². The molecule has 1 unspecified atom stereocenters.